The molecule has 0 fully saturated rings. The van der Waals surface area contributed by atoms with E-state index in [4.69, 9.17) is 13.3 Å². The third-order valence-electron chi connectivity index (χ3n) is 4.49. The Labute approximate surface area is 176 Å². The van der Waals surface area contributed by atoms with Gasteiger partial charge in [-0.3, -0.25) is 4.79 Å². The molecular formula is C21H37NO4SSi. The van der Waals surface area contributed by atoms with Gasteiger partial charge in [0.15, 0.2) is 0 Å². The standard InChI is InChI=1S/C21H37NO4SSi/c1-8-24-28(25-9-2,26-10-3)15-11-14-27-21(6,7)20(23)22-19-13-12-17(4)18(5)16-19/h12-13,16H,8-11,14-15H2,1-7H3,(H,22,23). The minimum atomic E-state index is -2.61. The summed E-state index contributed by atoms with van der Waals surface area (Å²) in [5.74, 6) is 0.860. The number of hydrogen-bond donors (Lipinski definition) is 1. The SMILES string of the molecule is CCO[Si](CCCSC(C)(C)C(=O)Nc1ccc(C)c(C)c1)(OCC)OCC. The van der Waals surface area contributed by atoms with Crippen molar-refractivity contribution in [3.8, 4) is 0 Å². The molecule has 7 heteroatoms. The van der Waals surface area contributed by atoms with Crippen LogP contribution in [0.15, 0.2) is 18.2 Å². The molecule has 1 rings (SSSR count). The molecule has 1 amide bonds. The van der Waals surface area contributed by atoms with Crippen LogP contribution >= 0.6 is 11.8 Å². The van der Waals surface area contributed by atoms with Gasteiger partial charge in [-0.2, -0.15) is 0 Å². The second-order valence-corrected chi connectivity index (χ2v) is 11.6. The molecule has 0 unspecified atom stereocenters. The molecule has 160 valence electrons. The van der Waals surface area contributed by atoms with Crippen molar-refractivity contribution in [1.82, 2.24) is 0 Å². The van der Waals surface area contributed by atoms with Crippen LogP contribution in [0.1, 0.15) is 52.2 Å². The Bertz CT molecular complexity index is 607. The fourth-order valence-corrected chi connectivity index (χ4v) is 6.63. The van der Waals surface area contributed by atoms with E-state index in [1.807, 2.05) is 52.8 Å². The fraction of sp³-hybridized carbons (Fsp3) is 0.667. The molecule has 0 heterocycles. The van der Waals surface area contributed by atoms with E-state index in [0.717, 1.165) is 23.9 Å². The molecule has 0 spiro atoms. The molecule has 0 bridgehead atoms. The van der Waals surface area contributed by atoms with Gasteiger partial charge in [-0.15, -0.1) is 11.8 Å². The lowest BCUT2D eigenvalue weighted by molar-refractivity contribution is -0.117. The molecule has 0 aliphatic carbocycles. The lowest BCUT2D eigenvalue weighted by Crippen LogP contribution is -2.46. The first-order valence-electron chi connectivity index (χ1n) is 10.1. The maximum atomic E-state index is 12.7. The van der Waals surface area contributed by atoms with Crippen molar-refractivity contribution in [2.75, 3.05) is 30.9 Å². The van der Waals surface area contributed by atoms with Crippen LogP contribution in [0.3, 0.4) is 0 Å². The highest BCUT2D eigenvalue weighted by Gasteiger charge is 2.40. The minimum absolute atomic E-state index is 0.0173. The van der Waals surface area contributed by atoms with Crippen LogP contribution in [-0.4, -0.2) is 45.0 Å². The predicted octanol–water partition coefficient (Wildman–Crippen LogP) is 5.19. The predicted molar refractivity (Wildman–Crippen MR) is 121 cm³/mol. The summed E-state index contributed by atoms with van der Waals surface area (Å²) in [6, 6.07) is 6.77. The van der Waals surface area contributed by atoms with Crippen molar-refractivity contribution < 1.29 is 18.1 Å². The smallest absolute Gasteiger partial charge is 0.374 e. The van der Waals surface area contributed by atoms with E-state index in [1.54, 1.807) is 11.8 Å². The van der Waals surface area contributed by atoms with Crippen LogP contribution in [0.25, 0.3) is 0 Å². The summed E-state index contributed by atoms with van der Waals surface area (Å²) in [4.78, 5) is 12.7. The van der Waals surface area contributed by atoms with Gasteiger partial charge < -0.3 is 18.6 Å². The Morgan fingerprint density at radius 2 is 1.61 bits per heavy atom. The number of carbonyl (C=O) groups is 1. The Morgan fingerprint density at radius 3 is 2.11 bits per heavy atom. The largest absolute Gasteiger partial charge is 0.500 e. The summed E-state index contributed by atoms with van der Waals surface area (Å²) in [5, 5.41) is 3.04. The van der Waals surface area contributed by atoms with Gasteiger partial charge in [0.25, 0.3) is 0 Å². The van der Waals surface area contributed by atoms with Crippen LogP contribution in [0, 0.1) is 13.8 Å². The topological polar surface area (TPSA) is 56.8 Å². The number of thioether (sulfide) groups is 1. The van der Waals surface area contributed by atoms with E-state index < -0.39 is 13.6 Å². The highest BCUT2D eigenvalue weighted by molar-refractivity contribution is 8.01. The van der Waals surface area contributed by atoms with Gasteiger partial charge in [0.2, 0.25) is 5.91 Å². The van der Waals surface area contributed by atoms with Gasteiger partial charge in [-0.1, -0.05) is 6.07 Å². The van der Waals surface area contributed by atoms with Gasteiger partial charge in [0, 0.05) is 31.6 Å². The van der Waals surface area contributed by atoms with Gasteiger partial charge in [0.05, 0.1) is 4.75 Å². The number of benzene rings is 1. The third kappa shape index (κ3) is 7.87. The van der Waals surface area contributed by atoms with Crippen LogP contribution < -0.4 is 5.32 Å². The molecule has 0 saturated carbocycles. The zero-order valence-electron chi connectivity index (χ0n) is 18.5. The van der Waals surface area contributed by atoms with Crippen molar-refractivity contribution in [1.29, 1.82) is 0 Å². The molecule has 28 heavy (non-hydrogen) atoms. The molecule has 1 aromatic rings. The van der Waals surface area contributed by atoms with Crippen molar-refractivity contribution in [3.63, 3.8) is 0 Å². The Balaban J connectivity index is 2.58. The number of hydrogen-bond acceptors (Lipinski definition) is 5. The molecule has 0 atom stereocenters. The Morgan fingerprint density at radius 1 is 1.04 bits per heavy atom. The average Bonchev–Trinajstić information content (AvgIpc) is 2.62. The van der Waals surface area contributed by atoms with Crippen LogP contribution in [0.2, 0.25) is 6.04 Å². The van der Waals surface area contributed by atoms with Crippen LogP contribution in [0.5, 0.6) is 0 Å². The lowest BCUT2D eigenvalue weighted by atomic mass is 10.1. The van der Waals surface area contributed by atoms with Crippen LogP contribution in [0.4, 0.5) is 5.69 Å². The number of anilines is 1. The average molecular weight is 428 g/mol. The maximum Gasteiger partial charge on any atom is 0.500 e. The van der Waals surface area contributed by atoms with Gasteiger partial charge in [-0.25, -0.2) is 0 Å². The maximum absolute atomic E-state index is 12.7. The van der Waals surface area contributed by atoms with E-state index >= 15 is 0 Å². The molecule has 1 N–H and O–H groups in total. The zero-order chi connectivity index (χ0) is 21.2. The molecule has 0 saturated heterocycles. The Hall–Kier alpha value is -0.863. The number of carbonyl (C=O) groups excluding carboxylic acids is 1. The molecule has 5 nitrogen and oxygen atoms in total. The molecule has 0 aliphatic heterocycles. The molecule has 1 aromatic carbocycles. The van der Waals surface area contributed by atoms with E-state index in [2.05, 4.69) is 19.2 Å². The van der Waals surface area contributed by atoms with E-state index in [0.29, 0.717) is 19.8 Å². The lowest BCUT2D eigenvalue weighted by Gasteiger charge is -2.29. The third-order valence-corrected chi connectivity index (χ3v) is 9.05. The summed E-state index contributed by atoms with van der Waals surface area (Å²) < 4.78 is 17.2. The zero-order valence-corrected chi connectivity index (χ0v) is 20.3. The van der Waals surface area contributed by atoms with Gasteiger partial charge in [-0.05, 0) is 83.9 Å². The molecular weight excluding hydrogens is 390 g/mol. The van der Waals surface area contributed by atoms with Crippen molar-refractivity contribution >= 4 is 32.2 Å². The summed E-state index contributed by atoms with van der Waals surface area (Å²) in [6.45, 7) is 15.7. The fourth-order valence-electron chi connectivity index (χ4n) is 2.78. The normalized spacial score (nSPS) is 12.2. The number of amides is 1. The van der Waals surface area contributed by atoms with Crippen molar-refractivity contribution in [2.45, 2.75) is 65.7 Å². The first kappa shape index (κ1) is 25.2. The first-order valence-corrected chi connectivity index (χ1v) is 13.1. The van der Waals surface area contributed by atoms with Gasteiger partial charge in [0.1, 0.15) is 0 Å². The summed E-state index contributed by atoms with van der Waals surface area (Å²) >= 11 is 1.65. The highest BCUT2D eigenvalue weighted by Crippen LogP contribution is 2.29. The van der Waals surface area contributed by atoms with E-state index in [1.165, 1.54) is 11.1 Å². The number of rotatable bonds is 13. The quantitative estimate of drug-likeness (QED) is 0.347. The van der Waals surface area contributed by atoms with Crippen LogP contribution in [-0.2, 0) is 18.1 Å². The number of aryl methyl sites for hydroxylation is 2. The molecule has 0 aromatic heterocycles. The summed E-state index contributed by atoms with van der Waals surface area (Å²) in [7, 11) is -2.61. The highest BCUT2D eigenvalue weighted by atomic mass is 32.2. The van der Waals surface area contributed by atoms with Crippen molar-refractivity contribution in [2.24, 2.45) is 0 Å². The van der Waals surface area contributed by atoms with E-state index in [9.17, 15) is 4.79 Å². The van der Waals surface area contributed by atoms with Crippen molar-refractivity contribution in [3.05, 3.63) is 29.3 Å². The second-order valence-electron chi connectivity index (χ2n) is 7.20. The monoisotopic (exact) mass is 427 g/mol. The summed E-state index contributed by atoms with van der Waals surface area (Å²) in [6.07, 6.45) is 0.886. The molecule has 0 radical (unpaired) electrons. The second kappa shape index (κ2) is 12.0. The molecule has 0 aliphatic rings. The minimum Gasteiger partial charge on any atom is -0.374 e. The first-order chi connectivity index (χ1) is 13.2. The van der Waals surface area contributed by atoms with E-state index in [-0.39, 0.29) is 5.91 Å². The number of nitrogens with one attached hydrogen (secondary N) is 1. The van der Waals surface area contributed by atoms with Gasteiger partial charge >= 0.3 is 8.80 Å². The Kier molecular flexibility index (Phi) is 10.8. The summed E-state index contributed by atoms with van der Waals surface area (Å²) in [5.41, 5.74) is 3.24.